The van der Waals surface area contributed by atoms with Crippen molar-refractivity contribution in [1.82, 2.24) is 4.98 Å². The number of anilines is 1. The number of nitriles is 1. The van der Waals surface area contributed by atoms with Gasteiger partial charge in [-0.05, 0) is 44.4 Å². The van der Waals surface area contributed by atoms with Gasteiger partial charge in [-0.3, -0.25) is 0 Å². The Bertz CT molecular complexity index is 449. The number of aromatic nitrogens is 1. The molecule has 90 valence electrons. The van der Waals surface area contributed by atoms with Crippen molar-refractivity contribution in [3.8, 4) is 6.07 Å². The zero-order valence-corrected chi connectivity index (χ0v) is 10.3. The summed E-state index contributed by atoms with van der Waals surface area (Å²) in [7, 11) is 0. The minimum Gasteiger partial charge on any atom is -0.352 e. The van der Waals surface area contributed by atoms with E-state index in [0.717, 1.165) is 24.3 Å². The fraction of sp³-hybridized carbons (Fsp3) is 0.538. The summed E-state index contributed by atoms with van der Waals surface area (Å²) in [4.78, 5) is 6.59. The van der Waals surface area contributed by atoms with Gasteiger partial charge in [-0.25, -0.2) is 4.98 Å². The van der Waals surface area contributed by atoms with Gasteiger partial charge >= 0.3 is 0 Å². The van der Waals surface area contributed by atoms with Crippen molar-refractivity contribution in [1.29, 1.82) is 5.26 Å². The van der Waals surface area contributed by atoms with Crippen LogP contribution in [0.15, 0.2) is 12.3 Å². The molecule has 1 aromatic rings. The summed E-state index contributed by atoms with van der Waals surface area (Å²) >= 11 is 0. The van der Waals surface area contributed by atoms with E-state index in [1.54, 1.807) is 6.20 Å². The van der Waals surface area contributed by atoms with Crippen LogP contribution in [0.25, 0.3) is 0 Å². The van der Waals surface area contributed by atoms with E-state index in [2.05, 4.69) is 22.9 Å². The van der Waals surface area contributed by atoms with Crippen LogP contribution in [0.3, 0.4) is 0 Å². The minimum atomic E-state index is 0.407. The zero-order valence-electron chi connectivity index (χ0n) is 10.3. The number of aryl methyl sites for hydroxylation is 1. The molecule has 1 aliphatic rings. The lowest BCUT2D eigenvalue weighted by atomic mass is 10.1. The number of hydrogen-bond acceptors (Lipinski definition) is 4. The third kappa shape index (κ3) is 2.11. The largest absolute Gasteiger partial charge is 0.352 e. The highest BCUT2D eigenvalue weighted by atomic mass is 15.2. The van der Waals surface area contributed by atoms with Gasteiger partial charge in [-0.2, -0.15) is 5.26 Å². The Morgan fingerprint density at radius 1 is 1.65 bits per heavy atom. The van der Waals surface area contributed by atoms with Crippen molar-refractivity contribution in [2.75, 3.05) is 18.0 Å². The Balaban J connectivity index is 2.35. The molecule has 1 aliphatic heterocycles. The summed E-state index contributed by atoms with van der Waals surface area (Å²) in [5.74, 6) is 1.33. The van der Waals surface area contributed by atoms with Crippen molar-refractivity contribution >= 4 is 5.82 Å². The van der Waals surface area contributed by atoms with Gasteiger partial charge in [0.1, 0.15) is 11.9 Å². The van der Waals surface area contributed by atoms with Crippen LogP contribution in [0, 0.1) is 24.2 Å². The Kier molecular flexibility index (Phi) is 3.30. The lowest BCUT2D eigenvalue weighted by Crippen LogP contribution is -2.29. The highest BCUT2D eigenvalue weighted by molar-refractivity contribution is 5.58. The molecule has 0 bridgehead atoms. The van der Waals surface area contributed by atoms with Gasteiger partial charge < -0.3 is 10.6 Å². The predicted molar refractivity (Wildman–Crippen MR) is 67.7 cm³/mol. The molecule has 1 aromatic heterocycles. The molecule has 0 spiro atoms. The average Bonchev–Trinajstić information content (AvgIpc) is 2.70. The molecule has 0 saturated carbocycles. The molecule has 2 rings (SSSR count). The summed E-state index contributed by atoms with van der Waals surface area (Å²) in [6, 6.07) is 4.54. The normalized spacial score (nSPS) is 23.8. The standard InChI is InChI=1S/C13H18N4/c1-9-3-4-16-13(12(9)7-15)17-8-11(6-14)5-10(17)2/h3-4,10-11H,5-6,8,14H2,1-2H3. The van der Waals surface area contributed by atoms with E-state index in [4.69, 9.17) is 5.73 Å². The lowest BCUT2D eigenvalue weighted by Gasteiger charge is -2.24. The maximum atomic E-state index is 9.23. The van der Waals surface area contributed by atoms with Gasteiger partial charge in [0.25, 0.3) is 0 Å². The second-order valence-corrected chi connectivity index (χ2v) is 4.78. The van der Waals surface area contributed by atoms with Crippen LogP contribution in [0.2, 0.25) is 0 Å². The molecule has 4 heteroatoms. The van der Waals surface area contributed by atoms with E-state index < -0.39 is 0 Å². The third-order valence-electron chi connectivity index (χ3n) is 3.52. The van der Waals surface area contributed by atoms with Crippen LogP contribution in [0.1, 0.15) is 24.5 Å². The summed E-state index contributed by atoms with van der Waals surface area (Å²) in [5, 5.41) is 9.23. The minimum absolute atomic E-state index is 0.407. The predicted octanol–water partition coefficient (Wildman–Crippen LogP) is 1.44. The first kappa shape index (κ1) is 11.9. The highest BCUT2D eigenvalue weighted by Crippen LogP contribution is 2.30. The maximum Gasteiger partial charge on any atom is 0.146 e. The van der Waals surface area contributed by atoms with Crippen LogP contribution in [-0.2, 0) is 0 Å². The van der Waals surface area contributed by atoms with Crippen LogP contribution in [-0.4, -0.2) is 24.1 Å². The molecule has 1 fully saturated rings. The number of nitrogens with zero attached hydrogens (tertiary/aromatic N) is 3. The molecule has 0 aliphatic carbocycles. The number of nitrogens with two attached hydrogens (primary N) is 1. The van der Waals surface area contributed by atoms with Gasteiger partial charge in [0.05, 0.1) is 5.56 Å². The van der Waals surface area contributed by atoms with E-state index >= 15 is 0 Å². The third-order valence-corrected chi connectivity index (χ3v) is 3.52. The summed E-state index contributed by atoms with van der Waals surface area (Å²) in [6.45, 7) is 5.73. The van der Waals surface area contributed by atoms with E-state index in [-0.39, 0.29) is 0 Å². The van der Waals surface area contributed by atoms with Crippen LogP contribution in [0.5, 0.6) is 0 Å². The molecule has 17 heavy (non-hydrogen) atoms. The quantitative estimate of drug-likeness (QED) is 0.834. The average molecular weight is 230 g/mol. The molecule has 2 atom stereocenters. The van der Waals surface area contributed by atoms with Crippen molar-refractivity contribution in [2.45, 2.75) is 26.3 Å². The Morgan fingerprint density at radius 2 is 2.41 bits per heavy atom. The van der Waals surface area contributed by atoms with Gasteiger partial charge in [0.2, 0.25) is 0 Å². The van der Waals surface area contributed by atoms with Crippen molar-refractivity contribution in [2.24, 2.45) is 11.7 Å². The van der Waals surface area contributed by atoms with Crippen molar-refractivity contribution in [3.05, 3.63) is 23.4 Å². The van der Waals surface area contributed by atoms with E-state index in [9.17, 15) is 5.26 Å². The van der Waals surface area contributed by atoms with Crippen LogP contribution >= 0.6 is 0 Å². The molecule has 1 saturated heterocycles. The lowest BCUT2D eigenvalue weighted by molar-refractivity contribution is 0.579. The molecule has 4 nitrogen and oxygen atoms in total. The molecular weight excluding hydrogens is 212 g/mol. The molecule has 0 aromatic carbocycles. The second kappa shape index (κ2) is 4.72. The molecule has 2 heterocycles. The van der Waals surface area contributed by atoms with E-state index in [1.165, 1.54) is 0 Å². The number of rotatable bonds is 2. The first-order valence-corrected chi connectivity index (χ1v) is 5.99. The first-order chi connectivity index (χ1) is 8.17. The fourth-order valence-electron chi connectivity index (χ4n) is 2.51. The second-order valence-electron chi connectivity index (χ2n) is 4.78. The van der Waals surface area contributed by atoms with Crippen LogP contribution < -0.4 is 10.6 Å². The van der Waals surface area contributed by atoms with Gasteiger partial charge in [-0.15, -0.1) is 0 Å². The smallest absolute Gasteiger partial charge is 0.146 e. The van der Waals surface area contributed by atoms with Gasteiger partial charge in [-0.1, -0.05) is 0 Å². The highest BCUT2D eigenvalue weighted by Gasteiger charge is 2.30. The molecule has 0 radical (unpaired) electrons. The number of hydrogen-bond donors (Lipinski definition) is 1. The van der Waals surface area contributed by atoms with Gasteiger partial charge in [0, 0.05) is 18.8 Å². The Labute approximate surface area is 102 Å². The molecule has 2 N–H and O–H groups in total. The van der Waals surface area contributed by atoms with E-state index in [0.29, 0.717) is 24.1 Å². The van der Waals surface area contributed by atoms with Gasteiger partial charge in [0.15, 0.2) is 0 Å². The molecule has 2 unspecified atom stereocenters. The summed E-state index contributed by atoms with van der Waals surface area (Å²) in [5.41, 5.74) is 7.40. The molecular formula is C13H18N4. The SMILES string of the molecule is Cc1ccnc(N2CC(CN)CC2C)c1C#N. The van der Waals surface area contributed by atoms with E-state index in [1.807, 2.05) is 13.0 Å². The number of pyridine rings is 1. The maximum absolute atomic E-state index is 9.23. The van der Waals surface area contributed by atoms with Crippen molar-refractivity contribution < 1.29 is 0 Å². The zero-order chi connectivity index (χ0) is 12.4. The molecule has 0 amide bonds. The summed E-state index contributed by atoms with van der Waals surface area (Å²) < 4.78 is 0. The fourth-order valence-corrected chi connectivity index (χ4v) is 2.51. The first-order valence-electron chi connectivity index (χ1n) is 5.99. The summed E-state index contributed by atoms with van der Waals surface area (Å²) in [6.07, 6.45) is 2.85. The van der Waals surface area contributed by atoms with Crippen molar-refractivity contribution in [3.63, 3.8) is 0 Å². The Morgan fingerprint density at radius 3 is 3.00 bits per heavy atom. The monoisotopic (exact) mass is 230 g/mol. The van der Waals surface area contributed by atoms with Crippen LogP contribution in [0.4, 0.5) is 5.82 Å². The topological polar surface area (TPSA) is 65.9 Å². The Hall–Kier alpha value is -1.60.